The van der Waals surface area contributed by atoms with Gasteiger partial charge in [-0.1, -0.05) is 344 Å². The average molecular weight is 1340 g/mol. The standard InChI is InChI=1S/C84H155NO10/c1-3-5-7-9-11-13-15-17-43-47-50-54-58-62-66-70-77(87)76(75-94-84-83(92)82(91)81(90)78(74-86)95-84)85-79(88)71-67-63-59-55-51-48-44-41-39-37-35-33-31-29-27-25-23-21-19-18-20-22-24-26-28-30-32-34-36-38-40-42-45-49-53-57-61-65-69-73-93-80(89)72-68-64-60-56-52-46-16-14-12-10-8-6-4-2/h14,16,18-19,22,24,50,54,66,70,76-78,81-84,86-87,90-92H,3-13,15,17,20-21,23,25-49,51-53,55-65,67-69,71-75H2,1-2H3,(H,85,88)/b16-14-,19-18-,24-22-,54-50+,70-66+. The highest BCUT2D eigenvalue weighted by molar-refractivity contribution is 5.76. The van der Waals surface area contributed by atoms with E-state index in [4.69, 9.17) is 14.2 Å². The van der Waals surface area contributed by atoms with Crippen molar-refractivity contribution in [1.82, 2.24) is 5.32 Å². The van der Waals surface area contributed by atoms with Gasteiger partial charge >= 0.3 is 5.97 Å². The molecule has 0 radical (unpaired) electrons. The molecule has 0 bridgehead atoms. The molecule has 1 aliphatic rings. The van der Waals surface area contributed by atoms with Gasteiger partial charge < -0.3 is 45.1 Å². The smallest absolute Gasteiger partial charge is 0.305 e. The Balaban J connectivity index is 1.93. The maximum atomic E-state index is 13.1. The molecular formula is C84H155NO10. The van der Waals surface area contributed by atoms with Crippen molar-refractivity contribution in [3.05, 3.63) is 60.8 Å². The number of aliphatic hydroxyl groups is 5. The third kappa shape index (κ3) is 61.0. The van der Waals surface area contributed by atoms with Gasteiger partial charge in [0.1, 0.15) is 24.4 Å². The summed E-state index contributed by atoms with van der Waals surface area (Å²) in [6.45, 7) is 4.36. The van der Waals surface area contributed by atoms with Crippen molar-refractivity contribution in [2.45, 2.75) is 442 Å². The first-order valence-electron chi connectivity index (χ1n) is 41.1. The van der Waals surface area contributed by atoms with Crippen LogP contribution in [0.4, 0.5) is 0 Å². The lowest BCUT2D eigenvalue weighted by Gasteiger charge is -2.40. The highest BCUT2D eigenvalue weighted by Gasteiger charge is 2.44. The van der Waals surface area contributed by atoms with Gasteiger partial charge in [-0.25, -0.2) is 0 Å². The van der Waals surface area contributed by atoms with Crippen LogP contribution in [0.5, 0.6) is 0 Å². The van der Waals surface area contributed by atoms with Crippen LogP contribution >= 0.6 is 0 Å². The highest BCUT2D eigenvalue weighted by atomic mass is 16.7. The molecule has 7 atom stereocenters. The maximum absolute atomic E-state index is 13.1. The predicted molar refractivity (Wildman–Crippen MR) is 403 cm³/mol. The van der Waals surface area contributed by atoms with E-state index in [1.165, 1.54) is 308 Å². The molecule has 556 valence electrons. The average Bonchev–Trinajstić information content (AvgIpc) is 0.849. The number of unbranched alkanes of at least 4 members (excludes halogenated alkanes) is 51. The molecule has 7 unspecified atom stereocenters. The van der Waals surface area contributed by atoms with E-state index < -0.39 is 49.5 Å². The summed E-state index contributed by atoms with van der Waals surface area (Å²) in [5.41, 5.74) is 0. The molecule has 1 amide bonds. The quantitative estimate of drug-likeness (QED) is 0.0195. The van der Waals surface area contributed by atoms with Gasteiger partial charge in [0.25, 0.3) is 0 Å². The molecule has 1 rings (SSSR count). The lowest BCUT2D eigenvalue weighted by Crippen LogP contribution is -2.60. The predicted octanol–water partition coefficient (Wildman–Crippen LogP) is 22.4. The van der Waals surface area contributed by atoms with Crippen molar-refractivity contribution in [3.8, 4) is 0 Å². The largest absolute Gasteiger partial charge is 0.466 e. The van der Waals surface area contributed by atoms with E-state index in [1.807, 2.05) is 6.08 Å². The highest BCUT2D eigenvalue weighted by Crippen LogP contribution is 2.24. The summed E-state index contributed by atoms with van der Waals surface area (Å²) in [5.74, 6) is -0.181. The van der Waals surface area contributed by atoms with Crippen LogP contribution < -0.4 is 5.32 Å². The Morgan fingerprint density at radius 3 is 1.12 bits per heavy atom. The number of amides is 1. The van der Waals surface area contributed by atoms with Gasteiger partial charge in [-0.2, -0.15) is 0 Å². The van der Waals surface area contributed by atoms with Crippen molar-refractivity contribution in [2.75, 3.05) is 19.8 Å². The minimum atomic E-state index is -1.58. The van der Waals surface area contributed by atoms with Crippen LogP contribution in [-0.4, -0.2) is 100 Å². The van der Waals surface area contributed by atoms with Crippen LogP contribution in [0, 0.1) is 0 Å². The number of allylic oxidation sites excluding steroid dienone is 9. The minimum Gasteiger partial charge on any atom is -0.466 e. The van der Waals surface area contributed by atoms with Gasteiger partial charge in [-0.15, -0.1) is 0 Å². The Labute approximate surface area is 586 Å². The zero-order valence-corrected chi connectivity index (χ0v) is 62.1. The van der Waals surface area contributed by atoms with E-state index in [0.717, 1.165) is 64.2 Å². The summed E-state index contributed by atoms with van der Waals surface area (Å²) >= 11 is 0. The molecule has 0 aromatic carbocycles. The first-order chi connectivity index (χ1) is 46.7. The second kappa shape index (κ2) is 72.6. The third-order valence-corrected chi connectivity index (χ3v) is 19.3. The zero-order chi connectivity index (χ0) is 68.6. The van der Waals surface area contributed by atoms with Crippen molar-refractivity contribution >= 4 is 11.9 Å². The van der Waals surface area contributed by atoms with Gasteiger partial charge in [-0.3, -0.25) is 9.59 Å². The Morgan fingerprint density at radius 2 is 0.716 bits per heavy atom. The SMILES string of the molecule is CCCCCC/C=C\CCCCCCCC(=O)OCCCCCCCCCCCCCCCCC/C=C\C/C=C\CCCCCCCCCCCCCCCCCCCC(=O)NC(COC1OC(CO)C(O)C(O)C1O)C(O)/C=C/CC/C=C/CCCCCCCCCCC. The van der Waals surface area contributed by atoms with Gasteiger partial charge in [0.2, 0.25) is 5.91 Å². The Morgan fingerprint density at radius 1 is 0.389 bits per heavy atom. The topological polar surface area (TPSA) is 175 Å². The molecule has 6 N–H and O–H groups in total. The van der Waals surface area contributed by atoms with E-state index in [0.29, 0.717) is 19.4 Å². The summed E-state index contributed by atoms with van der Waals surface area (Å²) in [6.07, 6.45) is 88.3. The Bertz CT molecular complexity index is 1770. The molecule has 11 heteroatoms. The number of carbonyl (C=O) groups excluding carboxylic acids is 2. The molecule has 1 fully saturated rings. The van der Waals surface area contributed by atoms with Crippen LogP contribution in [0.3, 0.4) is 0 Å². The summed E-state index contributed by atoms with van der Waals surface area (Å²) < 4.78 is 16.8. The van der Waals surface area contributed by atoms with Crippen LogP contribution in [0.1, 0.15) is 399 Å². The number of ether oxygens (including phenoxy) is 3. The summed E-state index contributed by atoms with van der Waals surface area (Å²) in [7, 11) is 0. The molecular weight excluding hydrogens is 1180 g/mol. The molecule has 11 nitrogen and oxygen atoms in total. The number of rotatable bonds is 73. The van der Waals surface area contributed by atoms with Crippen molar-refractivity contribution in [2.24, 2.45) is 0 Å². The van der Waals surface area contributed by atoms with Crippen LogP contribution in [0.15, 0.2) is 60.8 Å². The monoisotopic (exact) mass is 1340 g/mol. The van der Waals surface area contributed by atoms with Crippen LogP contribution in [-0.2, 0) is 23.8 Å². The number of hydrogen-bond donors (Lipinski definition) is 6. The van der Waals surface area contributed by atoms with Crippen molar-refractivity contribution in [1.29, 1.82) is 0 Å². The Kier molecular flexibility index (Phi) is 69.1. The third-order valence-electron chi connectivity index (χ3n) is 19.3. The molecule has 1 saturated heterocycles. The first kappa shape index (κ1) is 90.4. The second-order valence-electron chi connectivity index (χ2n) is 28.5. The maximum Gasteiger partial charge on any atom is 0.305 e. The summed E-state index contributed by atoms with van der Waals surface area (Å²) in [6, 6.07) is -0.827. The summed E-state index contributed by atoms with van der Waals surface area (Å²) in [5, 5.41) is 54.6. The number of aliphatic hydroxyl groups excluding tert-OH is 5. The van der Waals surface area contributed by atoms with Crippen molar-refractivity contribution < 1.29 is 49.3 Å². The van der Waals surface area contributed by atoms with Crippen molar-refractivity contribution in [3.63, 3.8) is 0 Å². The number of nitrogens with one attached hydrogen (secondary N) is 1. The fraction of sp³-hybridized carbons (Fsp3) is 0.857. The van der Waals surface area contributed by atoms with Gasteiger partial charge in [0.15, 0.2) is 6.29 Å². The fourth-order valence-electron chi connectivity index (χ4n) is 12.9. The summed E-state index contributed by atoms with van der Waals surface area (Å²) in [4.78, 5) is 25.2. The molecule has 95 heavy (non-hydrogen) atoms. The normalized spacial score (nSPS) is 17.7. The molecule has 0 aromatic heterocycles. The number of esters is 1. The van der Waals surface area contributed by atoms with E-state index in [-0.39, 0.29) is 18.5 Å². The van der Waals surface area contributed by atoms with Gasteiger partial charge in [0.05, 0.1) is 32.0 Å². The molecule has 0 saturated carbocycles. The number of hydrogen-bond acceptors (Lipinski definition) is 10. The molecule has 0 aromatic rings. The molecule has 0 aliphatic carbocycles. The molecule has 0 spiro atoms. The van der Waals surface area contributed by atoms with E-state index in [1.54, 1.807) is 6.08 Å². The van der Waals surface area contributed by atoms with Gasteiger partial charge in [-0.05, 0) is 103 Å². The molecule has 1 aliphatic heterocycles. The Hall–Kier alpha value is -2.64. The molecule has 1 heterocycles. The lowest BCUT2D eigenvalue weighted by molar-refractivity contribution is -0.302. The number of carbonyl (C=O) groups is 2. The minimum absolute atomic E-state index is 0.00536. The van der Waals surface area contributed by atoms with E-state index in [9.17, 15) is 35.1 Å². The van der Waals surface area contributed by atoms with Gasteiger partial charge in [0, 0.05) is 12.8 Å². The first-order valence-corrected chi connectivity index (χ1v) is 41.1. The second-order valence-corrected chi connectivity index (χ2v) is 28.5. The zero-order valence-electron chi connectivity index (χ0n) is 62.1. The fourth-order valence-corrected chi connectivity index (χ4v) is 12.9. The van der Waals surface area contributed by atoms with E-state index >= 15 is 0 Å². The van der Waals surface area contributed by atoms with Crippen LogP contribution in [0.2, 0.25) is 0 Å². The lowest BCUT2D eigenvalue weighted by atomic mass is 9.99. The van der Waals surface area contributed by atoms with Crippen LogP contribution in [0.25, 0.3) is 0 Å². The van der Waals surface area contributed by atoms with E-state index in [2.05, 4.69) is 67.8 Å².